The van der Waals surface area contributed by atoms with Crippen LogP contribution in [0.5, 0.6) is 0 Å². The first kappa shape index (κ1) is 29.9. The number of halogens is 1. The summed E-state index contributed by atoms with van der Waals surface area (Å²) in [4.78, 5) is 0.111. The molecule has 0 heterocycles. The highest BCUT2D eigenvalue weighted by Gasteiger charge is 2.25. The van der Waals surface area contributed by atoms with Crippen LogP contribution in [0.25, 0.3) is 0 Å². The van der Waals surface area contributed by atoms with Gasteiger partial charge in [-0.3, -0.25) is 0 Å². The molecule has 0 N–H and O–H groups in total. The van der Waals surface area contributed by atoms with E-state index >= 15 is 0 Å². The zero-order valence-corrected chi connectivity index (χ0v) is 21.6. The van der Waals surface area contributed by atoms with E-state index < -0.39 is 0 Å². The minimum atomic E-state index is 0. The lowest BCUT2D eigenvalue weighted by Gasteiger charge is -2.27. The van der Waals surface area contributed by atoms with E-state index in [0.717, 1.165) is 0 Å². The molecule has 0 aliphatic heterocycles. The van der Waals surface area contributed by atoms with Crippen molar-refractivity contribution in [2.45, 2.75) is 160 Å². The minimum absolute atomic E-state index is 0. The van der Waals surface area contributed by atoms with Gasteiger partial charge < -0.3 is 0 Å². The first-order chi connectivity index (χ1) is 12.7. The topological polar surface area (TPSA) is 0 Å². The number of hydrogen-bond donors (Lipinski definition) is 0. The van der Waals surface area contributed by atoms with E-state index in [2.05, 4.69) is 20.8 Å². The summed E-state index contributed by atoms with van der Waals surface area (Å²) in [5.74, 6) is 0. The van der Waals surface area contributed by atoms with Crippen molar-refractivity contribution >= 4 is 21.5 Å². The summed E-state index contributed by atoms with van der Waals surface area (Å²) in [6, 6.07) is 0. The maximum absolute atomic E-state index is 7.16. The summed E-state index contributed by atoms with van der Waals surface area (Å²) < 4.78 is 0. The monoisotopic (exact) mass is 420 g/mol. The summed E-state index contributed by atoms with van der Waals surface area (Å²) in [6.07, 6.45) is 28.7. The third kappa shape index (κ3) is 21.2. The normalized spacial score (nSPS) is 11.6. The van der Waals surface area contributed by atoms with Crippen LogP contribution in [0.4, 0.5) is 0 Å². The van der Waals surface area contributed by atoms with Gasteiger partial charge >= 0.3 is 0 Å². The number of rotatable bonds is 21. The van der Waals surface area contributed by atoms with Crippen molar-refractivity contribution in [3.8, 4) is 0 Å². The van der Waals surface area contributed by atoms with Gasteiger partial charge in [-0.1, -0.05) is 136 Å². The van der Waals surface area contributed by atoms with Crippen LogP contribution in [0.15, 0.2) is 0 Å². The van der Waals surface area contributed by atoms with Gasteiger partial charge in [-0.25, -0.2) is 0 Å². The van der Waals surface area contributed by atoms with E-state index in [1.807, 2.05) is 0 Å². The third-order valence-corrected chi connectivity index (χ3v) is 6.50. The highest BCUT2D eigenvalue weighted by atomic mass is 35.5. The summed E-state index contributed by atoms with van der Waals surface area (Å²) in [5, 5.41) is 0. The zero-order chi connectivity index (χ0) is 19.3. The zero-order valence-electron chi connectivity index (χ0n) is 19.4. The summed E-state index contributed by atoms with van der Waals surface area (Å²) in [6.45, 7) is 6.89. The fraction of sp³-hybridized carbons (Fsp3) is 1.00. The largest absolute Gasteiger partial charge is 0.153 e. The molecule has 0 aromatic carbocycles. The minimum Gasteiger partial charge on any atom is -0.153 e. The molecule has 1 atom stereocenters. The van der Waals surface area contributed by atoms with Crippen LogP contribution in [-0.2, 0) is 0 Å². The van der Waals surface area contributed by atoms with Crippen molar-refractivity contribution in [2.75, 3.05) is 0 Å². The molecule has 0 aromatic heterocycles. The van der Waals surface area contributed by atoms with Crippen LogP contribution in [0.3, 0.4) is 0 Å². The third-order valence-electron chi connectivity index (χ3n) is 5.94. The van der Waals surface area contributed by atoms with Crippen LogP contribution in [0, 0.1) is 0 Å². The van der Waals surface area contributed by atoms with Crippen molar-refractivity contribution in [2.24, 2.45) is 0 Å². The Morgan fingerprint density at radius 3 is 0.889 bits per heavy atom. The Balaban J connectivity index is 0. The Morgan fingerprint density at radius 1 is 0.407 bits per heavy atom. The molecule has 0 amide bonds. The second kappa shape index (κ2) is 23.0. The first-order valence-corrected chi connectivity index (χ1v) is 12.7. The first-order valence-electron chi connectivity index (χ1n) is 12.4. The van der Waals surface area contributed by atoms with E-state index in [1.54, 1.807) is 0 Å². The fourth-order valence-electron chi connectivity index (χ4n) is 4.04. The fourth-order valence-corrected chi connectivity index (χ4v) is 4.44. The number of alkyl halides is 1. The van der Waals surface area contributed by atoms with E-state index in [9.17, 15) is 0 Å². The van der Waals surface area contributed by atoms with E-state index in [4.69, 9.17) is 11.6 Å². The van der Waals surface area contributed by atoms with Gasteiger partial charge in [0, 0.05) is 4.87 Å². The molecule has 0 aromatic rings. The van der Waals surface area contributed by atoms with Gasteiger partial charge in [0.05, 0.1) is 0 Å². The van der Waals surface area contributed by atoms with Crippen molar-refractivity contribution in [1.29, 1.82) is 0 Å². The van der Waals surface area contributed by atoms with Crippen LogP contribution in [0.2, 0.25) is 0 Å². The Kier molecular flexibility index (Phi) is 25.5. The highest BCUT2D eigenvalue weighted by Crippen LogP contribution is 2.35. The van der Waals surface area contributed by atoms with Crippen LogP contribution in [0.1, 0.15) is 156 Å². The van der Waals surface area contributed by atoms with Crippen LogP contribution < -0.4 is 0 Å². The van der Waals surface area contributed by atoms with Gasteiger partial charge in [-0.2, -0.15) is 9.90 Å². The van der Waals surface area contributed by atoms with Crippen molar-refractivity contribution in [1.82, 2.24) is 0 Å². The predicted molar refractivity (Wildman–Crippen MR) is 134 cm³/mol. The Morgan fingerprint density at radius 2 is 0.630 bits per heavy atom. The molecule has 0 saturated heterocycles. The molecule has 2 heteroatoms. The molecule has 0 aliphatic carbocycles. The molecule has 166 valence electrons. The molecule has 0 bridgehead atoms. The van der Waals surface area contributed by atoms with Gasteiger partial charge in [0.2, 0.25) is 0 Å². The van der Waals surface area contributed by atoms with Crippen molar-refractivity contribution in [3.63, 3.8) is 0 Å². The van der Waals surface area contributed by atoms with E-state index in [0.29, 0.717) is 0 Å². The molecule has 0 rings (SSSR count). The average Bonchev–Trinajstić information content (AvgIpc) is 2.64. The number of hydrogen-bond acceptors (Lipinski definition) is 0. The molecular weight excluding hydrogens is 367 g/mol. The maximum Gasteiger partial charge on any atom is 0.0446 e. The molecule has 0 aliphatic rings. The predicted octanol–water partition coefficient (Wildman–Crippen LogP) is 10.3. The molecule has 1 unspecified atom stereocenters. The highest BCUT2D eigenvalue weighted by molar-refractivity contribution is 6.92. The van der Waals surface area contributed by atoms with Gasteiger partial charge in [-0.05, 0) is 19.3 Å². The van der Waals surface area contributed by atoms with E-state index in [1.165, 1.54) is 135 Å². The lowest BCUT2D eigenvalue weighted by Crippen LogP contribution is -2.21. The molecular formula is C25H54ClP. The Hall–Kier alpha value is 0.720. The van der Waals surface area contributed by atoms with E-state index in [-0.39, 0.29) is 14.8 Å². The lowest BCUT2D eigenvalue weighted by molar-refractivity contribution is 0.395. The van der Waals surface area contributed by atoms with Gasteiger partial charge in [-0.15, -0.1) is 11.6 Å². The van der Waals surface area contributed by atoms with Gasteiger partial charge in [0.25, 0.3) is 0 Å². The molecule has 27 heavy (non-hydrogen) atoms. The number of unbranched alkanes of at least 4 members (excludes halogenated alkanes) is 15. The van der Waals surface area contributed by atoms with Crippen molar-refractivity contribution in [3.05, 3.63) is 0 Å². The summed E-state index contributed by atoms with van der Waals surface area (Å²) in [5.41, 5.74) is 0. The van der Waals surface area contributed by atoms with Crippen LogP contribution in [-0.4, -0.2) is 4.87 Å². The Labute approximate surface area is 182 Å². The van der Waals surface area contributed by atoms with Gasteiger partial charge in [0.15, 0.2) is 0 Å². The quantitative estimate of drug-likeness (QED) is 0.0983. The second-order valence-corrected chi connectivity index (χ2v) is 9.51. The SMILES string of the molecule is CCCCCCCCC(Cl)(CCCCCCCC)CCCCCCCC.P. The van der Waals surface area contributed by atoms with Crippen LogP contribution >= 0.6 is 21.5 Å². The maximum atomic E-state index is 7.16. The molecule has 0 spiro atoms. The summed E-state index contributed by atoms with van der Waals surface area (Å²) in [7, 11) is 0. The van der Waals surface area contributed by atoms with Gasteiger partial charge in [0.1, 0.15) is 0 Å². The standard InChI is InChI=1S/C25H51Cl.H3P/c1-4-7-10-13-16-19-22-25(26,23-20-17-14-11-8-5-2)24-21-18-15-12-9-6-3;/h4-24H2,1-3H3;1H3. The lowest BCUT2D eigenvalue weighted by atomic mass is 9.88. The molecule has 0 saturated carbocycles. The molecule has 0 fully saturated rings. The second-order valence-electron chi connectivity index (χ2n) is 8.70. The molecule has 0 nitrogen and oxygen atoms in total. The summed E-state index contributed by atoms with van der Waals surface area (Å²) >= 11 is 7.16. The average molecular weight is 421 g/mol. The molecule has 0 radical (unpaired) electrons. The Bertz CT molecular complexity index is 226. The smallest absolute Gasteiger partial charge is 0.0446 e. The van der Waals surface area contributed by atoms with Crippen molar-refractivity contribution < 1.29 is 0 Å².